The van der Waals surface area contributed by atoms with Crippen LogP contribution in [0.5, 0.6) is 0 Å². The minimum absolute atomic E-state index is 0.0499. The van der Waals surface area contributed by atoms with E-state index in [1.165, 1.54) is 6.92 Å². The zero-order chi connectivity index (χ0) is 15.5. The molecule has 0 aliphatic heterocycles. The molecule has 1 rings (SSSR count). The number of rotatable bonds is 5. The Morgan fingerprint density at radius 2 is 1.70 bits per heavy atom. The van der Waals surface area contributed by atoms with E-state index in [0.717, 1.165) is 0 Å². The van der Waals surface area contributed by atoms with Gasteiger partial charge in [-0.15, -0.1) is 0 Å². The minimum atomic E-state index is -1.45. The average molecular weight is 281 g/mol. The molecular formula is C14H19NO5. The lowest BCUT2D eigenvalue weighted by Gasteiger charge is -2.21. The van der Waals surface area contributed by atoms with Gasteiger partial charge in [-0.25, -0.2) is 4.79 Å². The van der Waals surface area contributed by atoms with Crippen LogP contribution in [0, 0.1) is 13.8 Å². The minimum Gasteiger partial charge on any atom is -0.478 e. The molecule has 1 atom stereocenters. The number of aliphatic hydroxyl groups is 2. The lowest BCUT2D eigenvalue weighted by atomic mass is 9.96. The summed E-state index contributed by atoms with van der Waals surface area (Å²) >= 11 is 0. The smallest absolute Gasteiger partial charge is 0.336 e. The van der Waals surface area contributed by atoms with Gasteiger partial charge in [0, 0.05) is 6.54 Å². The largest absolute Gasteiger partial charge is 0.478 e. The van der Waals surface area contributed by atoms with E-state index < -0.39 is 24.1 Å². The number of aryl methyl sites for hydroxylation is 2. The van der Waals surface area contributed by atoms with Crippen molar-refractivity contribution in [1.29, 1.82) is 0 Å². The van der Waals surface area contributed by atoms with Crippen molar-refractivity contribution in [3.8, 4) is 0 Å². The van der Waals surface area contributed by atoms with Gasteiger partial charge in [-0.05, 0) is 31.9 Å². The van der Waals surface area contributed by atoms with Crippen LogP contribution in [0.1, 0.15) is 38.8 Å². The van der Waals surface area contributed by atoms with Crippen LogP contribution in [0.25, 0.3) is 0 Å². The number of aromatic carboxylic acids is 1. The highest BCUT2D eigenvalue weighted by Crippen LogP contribution is 2.19. The molecule has 0 aliphatic rings. The molecule has 4 N–H and O–H groups in total. The lowest BCUT2D eigenvalue weighted by Crippen LogP contribution is -2.43. The number of nitrogens with one attached hydrogen (secondary N) is 1. The van der Waals surface area contributed by atoms with Gasteiger partial charge < -0.3 is 20.6 Å². The molecule has 0 saturated carbocycles. The molecule has 20 heavy (non-hydrogen) atoms. The third-order valence-corrected chi connectivity index (χ3v) is 3.03. The summed E-state index contributed by atoms with van der Waals surface area (Å²) in [7, 11) is 0. The Labute approximate surface area is 117 Å². The van der Waals surface area contributed by atoms with Crippen molar-refractivity contribution in [2.45, 2.75) is 26.4 Å². The maximum absolute atomic E-state index is 12.1. The molecule has 1 unspecified atom stereocenters. The topological polar surface area (TPSA) is 107 Å². The first kappa shape index (κ1) is 16.1. The molecule has 0 heterocycles. The monoisotopic (exact) mass is 281 g/mol. The third kappa shape index (κ3) is 3.55. The van der Waals surface area contributed by atoms with Crippen LogP contribution >= 0.6 is 0 Å². The zero-order valence-corrected chi connectivity index (χ0v) is 11.7. The van der Waals surface area contributed by atoms with Crippen molar-refractivity contribution in [2.24, 2.45) is 0 Å². The maximum Gasteiger partial charge on any atom is 0.336 e. The third-order valence-electron chi connectivity index (χ3n) is 3.03. The molecule has 0 fully saturated rings. The molecule has 0 bridgehead atoms. The second-order valence-corrected chi connectivity index (χ2v) is 5.09. The van der Waals surface area contributed by atoms with E-state index >= 15 is 0 Å². The first-order chi connectivity index (χ1) is 9.19. The van der Waals surface area contributed by atoms with Gasteiger partial charge in [-0.3, -0.25) is 4.79 Å². The summed E-state index contributed by atoms with van der Waals surface area (Å²) in [4.78, 5) is 23.4. The number of hydrogen-bond donors (Lipinski definition) is 4. The Kier molecular flexibility index (Phi) is 4.86. The summed E-state index contributed by atoms with van der Waals surface area (Å²) in [6.45, 7) is 3.95. The molecule has 1 amide bonds. The molecule has 1 aromatic rings. The van der Waals surface area contributed by atoms with Crippen molar-refractivity contribution >= 4 is 11.9 Å². The first-order valence-corrected chi connectivity index (χ1v) is 6.14. The van der Waals surface area contributed by atoms with Gasteiger partial charge in [-0.1, -0.05) is 12.1 Å². The molecule has 0 spiro atoms. The number of amides is 1. The zero-order valence-electron chi connectivity index (χ0n) is 11.7. The molecule has 6 nitrogen and oxygen atoms in total. The number of carbonyl (C=O) groups is 2. The van der Waals surface area contributed by atoms with E-state index in [-0.39, 0.29) is 17.7 Å². The van der Waals surface area contributed by atoms with Crippen molar-refractivity contribution in [2.75, 3.05) is 13.2 Å². The van der Waals surface area contributed by atoms with E-state index in [9.17, 15) is 19.8 Å². The molecule has 6 heteroatoms. The number of carbonyl (C=O) groups excluding carboxylic acids is 1. The van der Waals surface area contributed by atoms with Gasteiger partial charge in [0.1, 0.15) is 5.60 Å². The number of aliphatic hydroxyl groups excluding tert-OH is 1. The van der Waals surface area contributed by atoms with Crippen LogP contribution in [0.3, 0.4) is 0 Å². The highest BCUT2D eigenvalue weighted by Gasteiger charge is 2.24. The van der Waals surface area contributed by atoms with Gasteiger partial charge in [0.15, 0.2) is 0 Å². The highest BCUT2D eigenvalue weighted by atomic mass is 16.4. The van der Waals surface area contributed by atoms with Crippen LogP contribution < -0.4 is 5.32 Å². The Morgan fingerprint density at radius 3 is 2.15 bits per heavy atom. The van der Waals surface area contributed by atoms with Crippen molar-refractivity contribution in [3.63, 3.8) is 0 Å². The molecule has 0 aliphatic carbocycles. The predicted molar refractivity (Wildman–Crippen MR) is 72.9 cm³/mol. The van der Waals surface area contributed by atoms with Crippen LogP contribution in [-0.4, -0.2) is 45.9 Å². The van der Waals surface area contributed by atoms with Crippen LogP contribution in [0.2, 0.25) is 0 Å². The molecule has 110 valence electrons. The van der Waals surface area contributed by atoms with Crippen LogP contribution in [-0.2, 0) is 0 Å². The summed E-state index contributed by atoms with van der Waals surface area (Å²) in [6.07, 6.45) is 0. The molecular weight excluding hydrogens is 262 g/mol. The number of hydrogen-bond acceptors (Lipinski definition) is 4. The maximum atomic E-state index is 12.1. The van der Waals surface area contributed by atoms with Crippen LogP contribution in [0.15, 0.2) is 12.1 Å². The fourth-order valence-electron chi connectivity index (χ4n) is 1.79. The van der Waals surface area contributed by atoms with E-state index in [1.807, 2.05) is 0 Å². The van der Waals surface area contributed by atoms with E-state index in [4.69, 9.17) is 5.11 Å². The van der Waals surface area contributed by atoms with Crippen molar-refractivity contribution in [1.82, 2.24) is 5.32 Å². The molecule has 0 saturated heterocycles. The Bertz CT molecular complexity index is 537. The SMILES string of the molecule is Cc1ccc(C)c(C(=O)NCC(C)(O)CO)c1C(=O)O. The molecule has 1 aromatic carbocycles. The summed E-state index contributed by atoms with van der Waals surface area (Å²) in [5.74, 6) is -1.76. The standard InChI is InChI=1S/C14H19NO5/c1-8-4-5-9(2)11(13(18)19)10(8)12(17)15-6-14(3,20)7-16/h4-5,16,20H,6-7H2,1-3H3,(H,15,17)(H,18,19). The van der Waals surface area contributed by atoms with E-state index in [2.05, 4.69) is 5.32 Å². The summed E-state index contributed by atoms with van der Waals surface area (Å²) < 4.78 is 0. The number of carboxylic acid groups (broad SMARTS) is 1. The fourth-order valence-corrected chi connectivity index (χ4v) is 1.79. The molecule has 0 aromatic heterocycles. The quantitative estimate of drug-likeness (QED) is 0.628. The molecule has 0 radical (unpaired) electrons. The van der Waals surface area contributed by atoms with E-state index in [1.54, 1.807) is 26.0 Å². The van der Waals surface area contributed by atoms with Crippen molar-refractivity contribution < 1.29 is 24.9 Å². The summed E-state index contributed by atoms with van der Waals surface area (Å²) in [5, 5.41) is 30.2. The fraction of sp³-hybridized carbons (Fsp3) is 0.429. The normalized spacial score (nSPS) is 13.7. The second-order valence-electron chi connectivity index (χ2n) is 5.09. The van der Waals surface area contributed by atoms with Gasteiger partial charge in [-0.2, -0.15) is 0 Å². The Morgan fingerprint density at radius 1 is 1.20 bits per heavy atom. The number of benzene rings is 1. The second kappa shape index (κ2) is 6.02. The van der Waals surface area contributed by atoms with Gasteiger partial charge in [0.25, 0.3) is 5.91 Å². The highest BCUT2D eigenvalue weighted by molar-refractivity contribution is 6.06. The summed E-state index contributed by atoms with van der Waals surface area (Å²) in [6, 6.07) is 3.31. The summed E-state index contributed by atoms with van der Waals surface area (Å²) in [5.41, 5.74) is -0.398. The van der Waals surface area contributed by atoms with Crippen LogP contribution in [0.4, 0.5) is 0 Å². The lowest BCUT2D eigenvalue weighted by molar-refractivity contribution is 0.00318. The van der Waals surface area contributed by atoms with Gasteiger partial charge in [0.05, 0.1) is 17.7 Å². The van der Waals surface area contributed by atoms with E-state index in [0.29, 0.717) is 11.1 Å². The van der Waals surface area contributed by atoms with Gasteiger partial charge in [0.2, 0.25) is 0 Å². The predicted octanol–water partition coefficient (Wildman–Crippen LogP) is 0.475. The first-order valence-electron chi connectivity index (χ1n) is 6.14. The Balaban J connectivity index is 3.10. The Hall–Kier alpha value is -1.92. The van der Waals surface area contributed by atoms with Crippen molar-refractivity contribution in [3.05, 3.63) is 34.4 Å². The number of carboxylic acids is 1. The van der Waals surface area contributed by atoms with Gasteiger partial charge >= 0.3 is 5.97 Å². The average Bonchev–Trinajstić information content (AvgIpc) is 2.38.